The SMILES string of the molecule is CCS(=N)(=O)c1ccc(-c2[nH]nc3ncc(-c4ccc5c(c4)CCC(C)(N4CCC[C@H]4C)CC5)cc23)cc1. The molecule has 2 aromatic carbocycles. The Morgan fingerprint density at radius 3 is 2.50 bits per heavy atom. The predicted octanol–water partition coefficient (Wildman–Crippen LogP) is 6.84. The fraction of sp³-hybridized carbons (Fsp3) is 0.419. The molecule has 0 bridgehead atoms. The monoisotopic (exact) mass is 527 g/mol. The molecule has 6 rings (SSSR count). The number of aromatic nitrogens is 3. The molecule has 7 heteroatoms. The molecule has 6 nitrogen and oxygen atoms in total. The van der Waals surface area contributed by atoms with Gasteiger partial charge in [0.2, 0.25) is 0 Å². The summed E-state index contributed by atoms with van der Waals surface area (Å²) in [6, 6.07) is 17.2. The maximum absolute atomic E-state index is 12.4. The average Bonchev–Trinajstić information content (AvgIpc) is 3.53. The molecule has 0 amide bonds. The Bertz CT molecular complexity index is 1590. The van der Waals surface area contributed by atoms with Crippen LogP contribution in [0.4, 0.5) is 0 Å². The summed E-state index contributed by atoms with van der Waals surface area (Å²) in [6.07, 6.45) is 9.24. The van der Waals surface area contributed by atoms with Gasteiger partial charge in [-0.3, -0.25) is 10.00 Å². The van der Waals surface area contributed by atoms with Crippen molar-refractivity contribution in [3.8, 4) is 22.4 Å². The molecule has 38 heavy (non-hydrogen) atoms. The van der Waals surface area contributed by atoms with Crippen LogP contribution in [0.1, 0.15) is 57.6 Å². The van der Waals surface area contributed by atoms with Gasteiger partial charge in [-0.15, -0.1) is 0 Å². The molecular formula is C31H37N5OS. The zero-order valence-electron chi connectivity index (χ0n) is 22.6. The Hall–Kier alpha value is -3.03. The molecule has 2 aliphatic rings. The molecule has 2 unspecified atom stereocenters. The summed E-state index contributed by atoms with van der Waals surface area (Å²) in [5.41, 5.74) is 8.02. The van der Waals surface area contributed by atoms with Gasteiger partial charge in [0.1, 0.15) is 0 Å². The first-order valence-electron chi connectivity index (χ1n) is 13.9. The van der Waals surface area contributed by atoms with E-state index in [1.54, 1.807) is 19.1 Å². The Morgan fingerprint density at radius 1 is 1.05 bits per heavy atom. The van der Waals surface area contributed by atoms with Crippen molar-refractivity contribution in [1.82, 2.24) is 20.1 Å². The van der Waals surface area contributed by atoms with E-state index in [0.29, 0.717) is 22.3 Å². The van der Waals surface area contributed by atoms with Crippen molar-refractivity contribution in [2.24, 2.45) is 0 Å². The van der Waals surface area contributed by atoms with E-state index in [1.165, 1.54) is 48.9 Å². The average molecular weight is 528 g/mol. The molecule has 1 saturated heterocycles. The number of hydrogen-bond donors (Lipinski definition) is 2. The molecule has 3 heterocycles. The largest absolute Gasteiger partial charge is 0.295 e. The van der Waals surface area contributed by atoms with Gasteiger partial charge in [-0.1, -0.05) is 37.3 Å². The summed E-state index contributed by atoms with van der Waals surface area (Å²) in [5, 5.41) is 8.53. The highest BCUT2D eigenvalue weighted by Crippen LogP contribution is 2.38. The normalized spacial score (nSPS) is 23.7. The van der Waals surface area contributed by atoms with E-state index in [9.17, 15) is 4.21 Å². The van der Waals surface area contributed by atoms with Crippen LogP contribution >= 0.6 is 0 Å². The van der Waals surface area contributed by atoms with Crippen LogP contribution in [0.15, 0.2) is 59.6 Å². The lowest BCUT2D eigenvalue weighted by Gasteiger charge is -2.41. The smallest absolute Gasteiger partial charge is 0.181 e. The maximum Gasteiger partial charge on any atom is 0.181 e. The maximum atomic E-state index is 12.4. The molecule has 0 saturated carbocycles. The van der Waals surface area contributed by atoms with Gasteiger partial charge >= 0.3 is 0 Å². The third kappa shape index (κ3) is 4.46. The van der Waals surface area contributed by atoms with Gasteiger partial charge in [0.05, 0.1) is 15.4 Å². The standard InChI is InChI=1S/C31H37N5OS/c1-4-38(32,37)27-11-9-23(10-12-27)29-28-19-26(20-33-30(28)35-34-29)24-8-7-22-13-15-31(3,16-14-25(22)18-24)36-17-5-6-21(36)2/h7-12,18-21,32H,4-6,13-17H2,1-3H3,(H,33,34,35)/t21-,31?,38?/m1/s1. The second kappa shape index (κ2) is 9.62. The third-order valence-corrected chi connectivity index (χ3v) is 10.8. The van der Waals surface area contributed by atoms with Gasteiger partial charge < -0.3 is 0 Å². The molecule has 1 fully saturated rings. The second-order valence-corrected chi connectivity index (χ2v) is 13.7. The lowest BCUT2D eigenvalue weighted by molar-refractivity contribution is 0.0821. The number of aromatic amines is 1. The molecule has 2 N–H and O–H groups in total. The highest BCUT2D eigenvalue weighted by Gasteiger charge is 2.38. The highest BCUT2D eigenvalue weighted by atomic mass is 32.2. The van der Waals surface area contributed by atoms with Crippen LogP contribution in [-0.4, -0.2) is 48.2 Å². The number of likely N-dealkylation sites (tertiary alicyclic amines) is 1. The Balaban J connectivity index is 1.30. The zero-order valence-corrected chi connectivity index (χ0v) is 23.4. The van der Waals surface area contributed by atoms with Crippen LogP contribution in [0.3, 0.4) is 0 Å². The van der Waals surface area contributed by atoms with Gasteiger partial charge in [0.25, 0.3) is 0 Å². The van der Waals surface area contributed by atoms with E-state index in [1.807, 2.05) is 18.3 Å². The fourth-order valence-corrected chi connectivity index (χ4v) is 7.43. The summed E-state index contributed by atoms with van der Waals surface area (Å²) in [4.78, 5) is 8.00. The van der Waals surface area contributed by atoms with Crippen LogP contribution in [-0.2, 0) is 22.6 Å². The van der Waals surface area contributed by atoms with Crippen LogP contribution in [0.25, 0.3) is 33.4 Å². The van der Waals surface area contributed by atoms with Gasteiger partial charge in [0.15, 0.2) is 5.65 Å². The van der Waals surface area contributed by atoms with E-state index < -0.39 is 9.73 Å². The van der Waals surface area contributed by atoms with Crippen LogP contribution < -0.4 is 0 Å². The van der Waals surface area contributed by atoms with Gasteiger partial charge in [0, 0.05) is 44.9 Å². The minimum Gasteiger partial charge on any atom is -0.295 e. The van der Waals surface area contributed by atoms with E-state index in [2.05, 4.69) is 58.2 Å². The van der Waals surface area contributed by atoms with Crippen molar-refractivity contribution in [2.45, 2.75) is 75.8 Å². The fourth-order valence-electron chi connectivity index (χ4n) is 6.52. The Labute approximate surface area is 225 Å². The first-order valence-corrected chi connectivity index (χ1v) is 15.6. The second-order valence-electron chi connectivity index (χ2n) is 11.3. The van der Waals surface area contributed by atoms with Crippen molar-refractivity contribution in [2.75, 3.05) is 12.3 Å². The Kier molecular flexibility index (Phi) is 6.39. The number of hydrogen-bond acceptors (Lipinski definition) is 5. The number of benzene rings is 2. The van der Waals surface area contributed by atoms with Crippen molar-refractivity contribution in [3.63, 3.8) is 0 Å². The van der Waals surface area contributed by atoms with E-state index >= 15 is 0 Å². The van der Waals surface area contributed by atoms with E-state index in [0.717, 1.165) is 35.0 Å². The van der Waals surface area contributed by atoms with Crippen molar-refractivity contribution in [1.29, 1.82) is 4.78 Å². The quantitative estimate of drug-likeness (QED) is 0.278. The summed E-state index contributed by atoms with van der Waals surface area (Å²) < 4.78 is 20.5. The number of rotatable bonds is 5. The topological polar surface area (TPSA) is 85.7 Å². The van der Waals surface area contributed by atoms with Crippen LogP contribution in [0.2, 0.25) is 0 Å². The van der Waals surface area contributed by atoms with E-state index in [4.69, 9.17) is 4.78 Å². The summed E-state index contributed by atoms with van der Waals surface area (Å²) in [6.45, 7) is 7.90. The van der Waals surface area contributed by atoms with Crippen molar-refractivity contribution >= 4 is 20.8 Å². The van der Waals surface area contributed by atoms with Crippen molar-refractivity contribution < 1.29 is 4.21 Å². The molecule has 2 aromatic heterocycles. The first kappa shape index (κ1) is 25.3. The molecule has 0 radical (unpaired) electrons. The molecule has 1 aliphatic carbocycles. The van der Waals surface area contributed by atoms with Gasteiger partial charge in [-0.05, 0) is 93.8 Å². The number of nitrogens with one attached hydrogen (secondary N) is 2. The molecule has 3 atom stereocenters. The number of H-pyrrole nitrogens is 1. The van der Waals surface area contributed by atoms with Crippen molar-refractivity contribution in [3.05, 3.63) is 65.9 Å². The summed E-state index contributed by atoms with van der Waals surface area (Å²) in [7, 11) is -2.74. The molecule has 198 valence electrons. The number of nitrogens with zero attached hydrogens (tertiary/aromatic N) is 3. The van der Waals surface area contributed by atoms with Gasteiger partial charge in [-0.2, -0.15) is 5.10 Å². The highest BCUT2D eigenvalue weighted by molar-refractivity contribution is 7.92. The summed E-state index contributed by atoms with van der Waals surface area (Å²) in [5.74, 6) is 0.310. The van der Waals surface area contributed by atoms with E-state index in [-0.39, 0.29) is 5.54 Å². The predicted molar refractivity (Wildman–Crippen MR) is 155 cm³/mol. The minimum atomic E-state index is -2.74. The van der Waals surface area contributed by atoms with Crippen LogP contribution in [0.5, 0.6) is 0 Å². The molecule has 4 aromatic rings. The molecular weight excluding hydrogens is 490 g/mol. The third-order valence-electron chi connectivity index (χ3n) is 8.99. The molecule has 0 spiro atoms. The van der Waals surface area contributed by atoms with Crippen LogP contribution in [0, 0.1) is 4.78 Å². The van der Waals surface area contributed by atoms with Gasteiger partial charge in [-0.25, -0.2) is 14.0 Å². The minimum absolute atomic E-state index is 0.279. The zero-order chi connectivity index (χ0) is 26.5. The molecule has 1 aliphatic heterocycles. The number of aryl methyl sites for hydroxylation is 2. The summed E-state index contributed by atoms with van der Waals surface area (Å²) >= 11 is 0. The lowest BCUT2D eigenvalue weighted by Crippen LogP contribution is -2.48. The first-order chi connectivity index (χ1) is 18.3. The number of fused-ring (bicyclic) bond motifs is 2. The number of pyridine rings is 1. The Morgan fingerprint density at radius 2 is 1.79 bits per heavy atom. The lowest BCUT2D eigenvalue weighted by atomic mass is 9.89.